The van der Waals surface area contributed by atoms with E-state index in [9.17, 15) is 13.6 Å². The van der Waals surface area contributed by atoms with Crippen LogP contribution in [0.4, 0.5) is 8.78 Å². The van der Waals surface area contributed by atoms with Gasteiger partial charge in [-0.25, -0.2) is 8.78 Å². The van der Waals surface area contributed by atoms with Gasteiger partial charge < -0.3 is 0 Å². The second kappa shape index (κ2) is 5.91. The van der Waals surface area contributed by atoms with E-state index < -0.39 is 11.6 Å². The van der Waals surface area contributed by atoms with Crippen LogP contribution < -0.4 is 0 Å². The van der Waals surface area contributed by atoms with Crippen LogP contribution in [0.5, 0.6) is 0 Å². The fourth-order valence-electron chi connectivity index (χ4n) is 2.50. The van der Waals surface area contributed by atoms with Crippen LogP contribution >= 0.6 is 15.9 Å². The molecule has 1 fully saturated rings. The number of benzene rings is 1. The van der Waals surface area contributed by atoms with Crippen LogP contribution in [0, 0.1) is 17.6 Å². The van der Waals surface area contributed by atoms with E-state index in [2.05, 4.69) is 15.9 Å². The lowest BCUT2D eigenvalue weighted by Crippen LogP contribution is -2.13. The summed E-state index contributed by atoms with van der Waals surface area (Å²) in [4.78, 5) is 12.1. The Morgan fingerprint density at radius 1 is 1.22 bits per heavy atom. The molecule has 1 saturated carbocycles. The first-order valence-corrected chi connectivity index (χ1v) is 7.05. The molecule has 1 aromatic rings. The lowest BCUT2D eigenvalue weighted by Gasteiger charge is -2.20. The van der Waals surface area contributed by atoms with Gasteiger partial charge in [0.15, 0.2) is 17.4 Å². The molecule has 2 rings (SSSR count). The highest BCUT2D eigenvalue weighted by molar-refractivity contribution is 9.10. The number of ketones is 1. The first kappa shape index (κ1) is 13.7. The number of carbonyl (C=O) groups excluding carboxylic acids is 1. The molecule has 0 saturated heterocycles. The zero-order valence-electron chi connectivity index (χ0n) is 10.0. The van der Waals surface area contributed by atoms with Gasteiger partial charge in [0.1, 0.15) is 0 Å². The summed E-state index contributed by atoms with van der Waals surface area (Å²) in [5, 5.41) is 0. The van der Waals surface area contributed by atoms with E-state index in [-0.39, 0.29) is 15.8 Å². The molecule has 98 valence electrons. The molecule has 0 N–H and O–H groups in total. The fraction of sp³-hybridized carbons (Fsp3) is 0.500. The molecule has 4 heteroatoms. The molecule has 0 heterocycles. The number of carbonyl (C=O) groups is 1. The lowest BCUT2D eigenvalue weighted by molar-refractivity contribution is 0.0949. The summed E-state index contributed by atoms with van der Waals surface area (Å²) in [5.74, 6) is -1.63. The maximum Gasteiger partial charge on any atom is 0.173 e. The first-order chi connectivity index (χ1) is 8.59. The van der Waals surface area contributed by atoms with Gasteiger partial charge >= 0.3 is 0 Å². The van der Waals surface area contributed by atoms with Crippen molar-refractivity contribution in [3.05, 3.63) is 33.8 Å². The Hall–Kier alpha value is -0.770. The van der Waals surface area contributed by atoms with Crippen molar-refractivity contribution >= 4 is 21.7 Å². The van der Waals surface area contributed by atoms with Crippen molar-refractivity contribution in [2.24, 2.45) is 5.92 Å². The Balaban J connectivity index is 2.11. The minimum Gasteiger partial charge on any atom is -0.294 e. The highest BCUT2D eigenvalue weighted by Gasteiger charge is 2.21. The van der Waals surface area contributed by atoms with Gasteiger partial charge in [-0.05, 0) is 34.0 Å². The Morgan fingerprint density at radius 3 is 2.56 bits per heavy atom. The van der Waals surface area contributed by atoms with Crippen molar-refractivity contribution in [2.45, 2.75) is 38.5 Å². The highest BCUT2D eigenvalue weighted by Crippen LogP contribution is 2.30. The van der Waals surface area contributed by atoms with Gasteiger partial charge in [0.05, 0.1) is 4.47 Å². The summed E-state index contributed by atoms with van der Waals surface area (Å²) < 4.78 is 26.3. The molecule has 0 bridgehead atoms. The quantitative estimate of drug-likeness (QED) is 0.573. The number of halogens is 3. The van der Waals surface area contributed by atoms with Gasteiger partial charge in [-0.2, -0.15) is 0 Å². The van der Waals surface area contributed by atoms with E-state index in [4.69, 9.17) is 0 Å². The molecule has 1 aromatic carbocycles. The topological polar surface area (TPSA) is 17.1 Å². The minimum absolute atomic E-state index is 0.0525. The minimum atomic E-state index is -0.982. The Morgan fingerprint density at radius 2 is 1.89 bits per heavy atom. The summed E-state index contributed by atoms with van der Waals surface area (Å²) in [6, 6.07) is 2.36. The standard InChI is InChI=1S/C14H15BrF2O/c15-13-10(6-7-11(16)14(13)17)12(18)8-9-4-2-1-3-5-9/h6-7,9H,1-5,8H2. The third-order valence-corrected chi connectivity index (χ3v) is 4.31. The van der Waals surface area contributed by atoms with Crippen LogP contribution in [0.2, 0.25) is 0 Å². The maximum absolute atomic E-state index is 13.4. The number of rotatable bonds is 3. The summed E-state index contributed by atoms with van der Waals surface area (Å²) in [7, 11) is 0. The summed E-state index contributed by atoms with van der Waals surface area (Å²) >= 11 is 2.96. The molecule has 1 aliphatic rings. The van der Waals surface area contributed by atoms with Crippen LogP contribution in [0.3, 0.4) is 0 Å². The number of Topliss-reactive ketones (excluding diaryl/α,β-unsaturated/α-hetero) is 1. The average Bonchev–Trinajstić information content (AvgIpc) is 2.37. The van der Waals surface area contributed by atoms with E-state index in [0.717, 1.165) is 31.7 Å². The maximum atomic E-state index is 13.4. The van der Waals surface area contributed by atoms with E-state index in [1.165, 1.54) is 12.5 Å². The van der Waals surface area contributed by atoms with Crippen LogP contribution in [0.1, 0.15) is 48.9 Å². The second-order valence-corrected chi connectivity index (χ2v) is 5.65. The van der Waals surface area contributed by atoms with Crippen LogP contribution in [-0.2, 0) is 0 Å². The van der Waals surface area contributed by atoms with Gasteiger partial charge in [-0.3, -0.25) is 4.79 Å². The van der Waals surface area contributed by atoms with Crippen molar-refractivity contribution in [3.63, 3.8) is 0 Å². The van der Waals surface area contributed by atoms with Crippen molar-refractivity contribution in [3.8, 4) is 0 Å². The first-order valence-electron chi connectivity index (χ1n) is 6.26. The smallest absolute Gasteiger partial charge is 0.173 e. The molecule has 0 aromatic heterocycles. The monoisotopic (exact) mass is 316 g/mol. The Bertz CT molecular complexity index is 453. The fourth-order valence-corrected chi connectivity index (χ4v) is 3.05. The Kier molecular flexibility index (Phi) is 4.49. The predicted octanol–water partition coefficient (Wildman–Crippen LogP) is 4.88. The zero-order chi connectivity index (χ0) is 13.1. The van der Waals surface area contributed by atoms with E-state index in [0.29, 0.717) is 12.3 Å². The molecule has 0 atom stereocenters. The van der Waals surface area contributed by atoms with E-state index in [1.807, 2.05) is 0 Å². The van der Waals surface area contributed by atoms with E-state index in [1.54, 1.807) is 0 Å². The molecular formula is C14H15BrF2O. The van der Waals surface area contributed by atoms with Gasteiger partial charge in [0.25, 0.3) is 0 Å². The largest absolute Gasteiger partial charge is 0.294 e. The average molecular weight is 317 g/mol. The van der Waals surface area contributed by atoms with Crippen molar-refractivity contribution in [2.75, 3.05) is 0 Å². The van der Waals surface area contributed by atoms with Crippen molar-refractivity contribution < 1.29 is 13.6 Å². The van der Waals surface area contributed by atoms with Crippen molar-refractivity contribution in [1.82, 2.24) is 0 Å². The summed E-state index contributed by atoms with van der Waals surface area (Å²) in [5.41, 5.74) is 0.250. The molecule has 0 radical (unpaired) electrons. The van der Waals surface area contributed by atoms with Gasteiger partial charge in [0.2, 0.25) is 0 Å². The zero-order valence-corrected chi connectivity index (χ0v) is 11.6. The Labute approximate surface area is 114 Å². The van der Waals surface area contributed by atoms with Crippen LogP contribution in [0.15, 0.2) is 16.6 Å². The molecule has 0 aliphatic heterocycles. The molecule has 1 aliphatic carbocycles. The molecule has 18 heavy (non-hydrogen) atoms. The number of hydrogen-bond acceptors (Lipinski definition) is 1. The molecule has 0 amide bonds. The highest BCUT2D eigenvalue weighted by atomic mass is 79.9. The summed E-state index contributed by atoms with van der Waals surface area (Å²) in [6.45, 7) is 0. The van der Waals surface area contributed by atoms with Crippen LogP contribution in [0.25, 0.3) is 0 Å². The molecule has 0 unspecified atom stereocenters. The van der Waals surface area contributed by atoms with Crippen molar-refractivity contribution in [1.29, 1.82) is 0 Å². The van der Waals surface area contributed by atoms with Gasteiger partial charge in [-0.1, -0.05) is 32.1 Å². The molecule has 0 spiro atoms. The van der Waals surface area contributed by atoms with Gasteiger partial charge in [0, 0.05) is 12.0 Å². The van der Waals surface area contributed by atoms with Gasteiger partial charge in [-0.15, -0.1) is 0 Å². The number of hydrogen-bond donors (Lipinski definition) is 0. The lowest BCUT2D eigenvalue weighted by atomic mass is 9.85. The second-order valence-electron chi connectivity index (χ2n) is 4.85. The molecule has 1 nitrogen and oxygen atoms in total. The predicted molar refractivity (Wildman–Crippen MR) is 69.6 cm³/mol. The molecular weight excluding hydrogens is 302 g/mol. The summed E-state index contributed by atoms with van der Waals surface area (Å²) in [6.07, 6.45) is 6.12. The third-order valence-electron chi connectivity index (χ3n) is 3.53. The third kappa shape index (κ3) is 2.97. The van der Waals surface area contributed by atoms with E-state index >= 15 is 0 Å². The van der Waals surface area contributed by atoms with Crippen LogP contribution in [-0.4, -0.2) is 5.78 Å². The normalized spacial score (nSPS) is 16.8. The SMILES string of the molecule is O=C(CC1CCCCC1)c1ccc(F)c(F)c1Br.